The number of pyridine rings is 1. The minimum absolute atomic E-state index is 0.0327. The van der Waals surface area contributed by atoms with Crippen LogP contribution in [0.4, 0.5) is 0 Å². The van der Waals surface area contributed by atoms with Crippen molar-refractivity contribution in [3.05, 3.63) is 70.4 Å². The Morgan fingerprint density at radius 2 is 1.77 bits per heavy atom. The molecule has 0 spiro atoms. The number of fused-ring (bicyclic) bond motifs is 2. The highest BCUT2D eigenvalue weighted by Crippen LogP contribution is 2.45. The van der Waals surface area contributed by atoms with Crippen LogP contribution in [0.3, 0.4) is 0 Å². The van der Waals surface area contributed by atoms with Gasteiger partial charge >= 0.3 is 11.9 Å². The largest absolute Gasteiger partial charge is 0.468 e. The molecule has 5 aromatic rings. The van der Waals surface area contributed by atoms with E-state index in [1.807, 2.05) is 29.7 Å². The lowest BCUT2D eigenvalue weighted by molar-refractivity contribution is -0.141. The second kappa shape index (κ2) is 12.9. The van der Waals surface area contributed by atoms with Crippen LogP contribution in [0, 0.1) is 6.92 Å². The van der Waals surface area contributed by atoms with Gasteiger partial charge in [0.2, 0.25) is 0 Å². The number of ether oxygens (including phenoxy) is 3. The normalized spacial score (nSPS) is 13.9. The maximum absolute atomic E-state index is 12.8. The lowest BCUT2D eigenvalue weighted by Crippen LogP contribution is -2.13. The smallest absolute Gasteiger partial charge is 0.337 e. The van der Waals surface area contributed by atoms with Gasteiger partial charge in [0.25, 0.3) is 0 Å². The number of carbonyl (C=O) groups is 2. The van der Waals surface area contributed by atoms with Crippen LogP contribution in [0.5, 0.6) is 0 Å². The van der Waals surface area contributed by atoms with Crippen molar-refractivity contribution in [3.63, 3.8) is 0 Å². The molecule has 9 heteroatoms. The molecule has 1 aliphatic rings. The molecule has 1 fully saturated rings. The Balaban J connectivity index is 1.51. The van der Waals surface area contributed by atoms with Crippen molar-refractivity contribution in [1.82, 2.24) is 14.5 Å². The molecule has 1 aliphatic carbocycles. The average molecular weight is 612 g/mol. The van der Waals surface area contributed by atoms with Gasteiger partial charge in [0.15, 0.2) is 0 Å². The number of benzene rings is 2. The van der Waals surface area contributed by atoms with Crippen LogP contribution in [0.15, 0.2) is 48.5 Å². The van der Waals surface area contributed by atoms with Crippen molar-refractivity contribution in [2.24, 2.45) is 0 Å². The second-order valence-electron chi connectivity index (χ2n) is 11.4. The third-order valence-electron chi connectivity index (χ3n) is 8.61. The third kappa shape index (κ3) is 5.74. The van der Waals surface area contributed by atoms with Gasteiger partial charge in [-0.25, -0.2) is 14.8 Å². The number of methoxy groups -OCH3 is 3. The Morgan fingerprint density at radius 3 is 2.52 bits per heavy atom. The molecule has 0 bridgehead atoms. The van der Waals surface area contributed by atoms with Crippen molar-refractivity contribution in [3.8, 4) is 21.8 Å². The fraction of sp³-hybridized carbons (Fsp3) is 0.371. The van der Waals surface area contributed by atoms with Crippen molar-refractivity contribution < 1.29 is 23.8 Å². The summed E-state index contributed by atoms with van der Waals surface area (Å²) in [6.07, 6.45) is 6.52. The number of aromatic nitrogens is 3. The van der Waals surface area contributed by atoms with Crippen LogP contribution < -0.4 is 0 Å². The fourth-order valence-corrected chi connectivity index (χ4v) is 7.50. The Hall–Kier alpha value is -4.08. The van der Waals surface area contributed by atoms with Crippen LogP contribution >= 0.6 is 11.3 Å². The van der Waals surface area contributed by atoms with E-state index in [0.717, 1.165) is 73.6 Å². The van der Waals surface area contributed by atoms with Crippen LogP contribution in [-0.4, -0.2) is 54.4 Å². The monoisotopic (exact) mass is 611 g/mol. The zero-order valence-corrected chi connectivity index (χ0v) is 26.5. The Kier molecular flexibility index (Phi) is 8.77. The van der Waals surface area contributed by atoms with Gasteiger partial charge in [0, 0.05) is 24.3 Å². The summed E-state index contributed by atoms with van der Waals surface area (Å²) in [6, 6.07) is 16.1. The number of thiazole rings is 1. The van der Waals surface area contributed by atoms with Gasteiger partial charge in [-0.3, -0.25) is 4.79 Å². The maximum Gasteiger partial charge on any atom is 0.337 e. The van der Waals surface area contributed by atoms with E-state index >= 15 is 0 Å². The van der Waals surface area contributed by atoms with Crippen molar-refractivity contribution >= 4 is 45.1 Å². The van der Waals surface area contributed by atoms with Gasteiger partial charge in [-0.15, -0.1) is 11.3 Å². The number of carbonyl (C=O) groups excluding carboxylic acids is 2. The van der Waals surface area contributed by atoms with Crippen LogP contribution in [0.2, 0.25) is 0 Å². The summed E-state index contributed by atoms with van der Waals surface area (Å²) in [6.45, 7) is 2.69. The van der Waals surface area contributed by atoms with Gasteiger partial charge in [0.1, 0.15) is 6.54 Å². The van der Waals surface area contributed by atoms with Gasteiger partial charge in [-0.05, 0) is 67.1 Å². The molecule has 0 atom stereocenters. The van der Waals surface area contributed by atoms with Crippen LogP contribution in [-0.2, 0) is 32.0 Å². The number of hydrogen-bond acceptors (Lipinski definition) is 8. The summed E-state index contributed by atoms with van der Waals surface area (Å²) in [5.74, 6) is -0.409. The maximum atomic E-state index is 12.8. The van der Waals surface area contributed by atoms with Gasteiger partial charge in [-0.2, -0.15) is 0 Å². The number of hydrogen-bond donors (Lipinski definition) is 0. The van der Waals surface area contributed by atoms with E-state index in [2.05, 4.69) is 30.3 Å². The summed E-state index contributed by atoms with van der Waals surface area (Å²) in [5, 5.41) is 3.11. The molecule has 3 aromatic heterocycles. The van der Waals surface area contributed by atoms with E-state index in [9.17, 15) is 9.59 Å². The highest BCUT2D eigenvalue weighted by molar-refractivity contribution is 7.15. The molecule has 6 rings (SSSR count). The van der Waals surface area contributed by atoms with Crippen LogP contribution in [0.25, 0.3) is 43.6 Å². The molecular formula is C35H37N3O5S. The Bertz CT molecular complexity index is 1850. The summed E-state index contributed by atoms with van der Waals surface area (Å²) in [4.78, 5) is 36.1. The van der Waals surface area contributed by atoms with Crippen molar-refractivity contribution in [2.45, 2.75) is 57.9 Å². The molecule has 228 valence electrons. The SMILES string of the molecule is COCCc1nc(C)c(-c2ccc3cc(-c4c(C5CCCCC5)c5ccc(C(=O)OC)cc5n4CC(=O)OC)ccc3n2)s1. The lowest BCUT2D eigenvalue weighted by atomic mass is 9.81. The van der Waals surface area contributed by atoms with Crippen molar-refractivity contribution in [1.29, 1.82) is 0 Å². The standard InChI is InChI=1S/C35H37N3O5S/c1-21-34(44-30(36-21)16-17-41-2)28-15-11-23-18-24(12-14-27(23)37-28)33-32(22-8-6-5-7-9-22)26-13-10-25(35(40)43-4)19-29(26)38(33)20-31(39)42-3/h10-15,18-19,22H,5-9,16-17,20H2,1-4H3. The van der Waals surface area contributed by atoms with Gasteiger partial charge < -0.3 is 18.8 Å². The van der Waals surface area contributed by atoms with E-state index in [-0.39, 0.29) is 12.5 Å². The quantitative estimate of drug-likeness (QED) is 0.160. The second-order valence-corrected chi connectivity index (χ2v) is 12.4. The Morgan fingerprint density at radius 1 is 0.955 bits per heavy atom. The molecule has 1 saturated carbocycles. The first-order chi connectivity index (χ1) is 21.4. The number of nitrogens with zero attached hydrogens (tertiary/aromatic N) is 3. The van der Waals surface area contributed by atoms with Gasteiger partial charge in [-0.1, -0.05) is 37.5 Å². The fourth-order valence-electron chi connectivity index (χ4n) is 6.48. The van der Waals surface area contributed by atoms with Gasteiger partial charge in [0.05, 0.1) is 64.4 Å². The molecule has 8 nitrogen and oxygen atoms in total. The number of rotatable bonds is 9. The lowest BCUT2D eigenvalue weighted by Gasteiger charge is -2.24. The van der Waals surface area contributed by atoms with E-state index in [0.29, 0.717) is 18.1 Å². The van der Waals surface area contributed by atoms with Crippen molar-refractivity contribution in [2.75, 3.05) is 27.9 Å². The molecule has 2 aromatic carbocycles. The first-order valence-electron chi connectivity index (χ1n) is 15.1. The highest BCUT2D eigenvalue weighted by atomic mass is 32.1. The zero-order chi connectivity index (χ0) is 30.8. The Labute approximate surface area is 261 Å². The molecule has 3 heterocycles. The number of esters is 2. The molecule has 0 N–H and O–H groups in total. The summed E-state index contributed by atoms with van der Waals surface area (Å²) in [5.41, 5.74) is 7.27. The van der Waals surface area contributed by atoms with E-state index in [4.69, 9.17) is 24.2 Å². The van der Waals surface area contributed by atoms with E-state index in [1.165, 1.54) is 39.0 Å². The van der Waals surface area contributed by atoms with E-state index < -0.39 is 5.97 Å². The molecule has 0 radical (unpaired) electrons. The highest BCUT2D eigenvalue weighted by Gasteiger charge is 2.28. The number of aryl methyl sites for hydroxylation is 1. The topological polar surface area (TPSA) is 92.5 Å². The summed E-state index contributed by atoms with van der Waals surface area (Å²) < 4.78 is 17.4. The molecular weight excluding hydrogens is 574 g/mol. The first kappa shape index (κ1) is 30.0. The molecule has 0 saturated heterocycles. The predicted molar refractivity (Wildman–Crippen MR) is 173 cm³/mol. The zero-order valence-electron chi connectivity index (χ0n) is 25.6. The minimum atomic E-state index is -0.409. The summed E-state index contributed by atoms with van der Waals surface area (Å²) in [7, 11) is 4.48. The molecule has 0 unspecified atom stereocenters. The van der Waals surface area contributed by atoms with Crippen LogP contribution in [0.1, 0.15) is 64.6 Å². The predicted octanol–water partition coefficient (Wildman–Crippen LogP) is 7.48. The average Bonchev–Trinajstić information content (AvgIpc) is 3.59. The first-order valence-corrected chi connectivity index (χ1v) is 15.9. The molecule has 44 heavy (non-hydrogen) atoms. The third-order valence-corrected chi connectivity index (χ3v) is 9.85. The molecule has 0 amide bonds. The minimum Gasteiger partial charge on any atom is -0.468 e. The molecule has 0 aliphatic heterocycles. The van der Waals surface area contributed by atoms with E-state index in [1.54, 1.807) is 18.4 Å². The summed E-state index contributed by atoms with van der Waals surface area (Å²) >= 11 is 1.66.